The van der Waals surface area contributed by atoms with E-state index in [1.54, 1.807) is 11.5 Å². The summed E-state index contributed by atoms with van der Waals surface area (Å²) < 4.78 is 12.0. The lowest BCUT2D eigenvalue weighted by Crippen LogP contribution is -2.41. The van der Waals surface area contributed by atoms with Crippen LogP contribution >= 0.6 is 11.3 Å². The monoisotopic (exact) mass is 323 g/mol. The number of carbonyl (C=O) groups is 1. The van der Waals surface area contributed by atoms with E-state index in [0.717, 1.165) is 16.8 Å². The summed E-state index contributed by atoms with van der Waals surface area (Å²) in [4.78, 5) is 14.8. The van der Waals surface area contributed by atoms with E-state index in [4.69, 9.17) is 9.31 Å². The minimum Gasteiger partial charge on any atom is -0.542 e. The van der Waals surface area contributed by atoms with Gasteiger partial charge in [0.05, 0.1) is 16.9 Å². The van der Waals surface area contributed by atoms with Gasteiger partial charge in [-0.1, -0.05) is 0 Å². The molecule has 2 heterocycles. The van der Waals surface area contributed by atoms with Crippen LogP contribution in [0.15, 0.2) is 10.9 Å². The lowest BCUT2D eigenvalue weighted by molar-refractivity contribution is -0.255. The average molecular weight is 323 g/mol. The number of rotatable bonds is 5. The first-order chi connectivity index (χ1) is 10.2. The molecule has 0 atom stereocenters. The third-order valence-corrected chi connectivity index (χ3v) is 4.81. The van der Waals surface area contributed by atoms with Crippen LogP contribution in [-0.2, 0) is 9.31 Å². The van der Waals surface area contributed by atoms with Crippen molar-refractivity contribution in [2.24, 2.45) is 0 Å². The number of aromatic nitrogens is 1. The Bertz CT molecular complexity index is 581. The molecule has 0 unspecified atom stereocenters. The number of hydrogen-bond donors (Lipinski definition) is 1. The zero-order chi connectivity index (χ0) is 16.5. The molecule has 0 amide bonds. The van der Waals surface area contributed by atoms with Gasteiger partial charge in [-0.15, -0.1) is 11.3 Å². The Balaban J connectivity index is 2.26. The van der Waals surface area contributed by atoms with Gasteiger partial charge in [0.2, 0.25) is 0 Å². The molecule has 0 radical (unpaired) electrons. The molecular weight excluding hydrogens is 303 g/mol. The van der Waals surface area contributed by atoms with Gasteiger partial charge in [0.1, 0.15) is 11.0 Å². The van der Waals surface area contributed by atoms with Crippen LogP contribution in [0.4, 0.5) is 0 Å². The largest absolute Gasteiger partial charge is 0.542 e. The van der Waals surface area contributed by atoms with Crippen LogP contribution in [-0.4, -0.2) is 42.9 Å². The van der Waals surface area contributed by atoms with Gasteiger partial charge in [-0.05, 0) is 46.3 Å². The molecule has 0 spiro atoms. The summed E-state index contributed by atoms with van der Waals surface area (Å²) in [5.41, 5.74) is 0.561. The van der Waals surface area contributed by atoms with Crippen molar-refractivity contribution in [1.29, 1.82) is 0 Å². The number of carbonyl (C=O) groups excluding carboxylic acids is 1. The molecule has 22 heavy (non-hydrogen) atoms. The van der Waals surface area contributed by atoms with E-state index < -0.39 is 24.3 Å². The number of carboxylic acids is 1. The van der Waals surface area contributed by atoms with Gasteiger partial charge in [-0.25, -0.2) is 4.98 Å². The predicted molar refractivity (Wildman–Crippen MR) is 84.4 cm³/mol. The van der Waals surface area contributed by atoms with Gasteiger partial charge in [-0.2, -0.15) is 0 Å². The van der Waals surface area contributed by atoms with E-state index in [-0.39, 0.29) is 5.01 Å². The van der Waals surface area contributed by atoms with Crippen LogP contribution in [0.1, 0.15) is 43.2 Å². The minimum atomic E-state index is -1.27. The standard InChI is InChI=1S/C14H21BN2O4S/c1-13(2)14(3,4)21-15(20-13)9(7-16-5)6-10-8-22-11(17-10)12(18)19/h6,8,16H,7H2,1-5H3,(H,18,19)/p-1. The zero-order valence-electron chi connectivity index (χ0n) is 13.4. The maximum absolute atomic E-state index is 10.8. The van der Waals surface area contributed by atoms with Gasteiger partial charge in [0.15, 0.2) is 0 Å². The molecule has 1 aromatic heterocycles. The highest BCUT2D eigenvalue weighted by molar-refractivity contribution is 7.11. The maximum Gasteiger partial charge on any atom is 0.491 e. The third kappa shape index (κ3) is 3.40. The summed E-state index contributed by atoms with van der Waals surface area (Å²) in [5, 5.41) is 15.5. The molecule has 0 aromatic carbocycles. The fourth-order valence-corrected chi connectivity index (χ4v) is 2.64. The fourth-order valence-electron chi connectivity index (χ4n) is 2.04. The Labute approximate surface area is 134 Å². The first-order valence-electron chi connectivity index (χ1n) is 7.04. The molecule has 1 aliphatic heterocycles. The van der Waals surface area contributed by atoms with Gasteiger partial charge in [0.25, 0.3) is 0 Å². The van der Waals surface area contributed by atoms with Crippen molar-refractivity contribution < 1.29 is 19.2 Å². The number of likely N-dealkylation sites (N-methyl/N-ethyl adjacent to an activating group) is 1. The highest BCUT2D eigenvalue weighted by Gasteiger charge is 2.52. The maximum atomic E-state index is 10.8. The van der Waals surface area contributed by atoms with E-state index in [1.165, 1.54) is 0 Å². The Morgan fingerprint density at radius 3 is 2.45 bits per heavy atom. The number of thiazole rings is 1. The van der Waals surface area contributed by atoms with Crippen LogP contribution in [0.2, 0.25) is 0 Å². The second kappa shape index (κ2) is 6.12. The van der Waals surface area contributed by atoms with E-state index in [0.29, 0.717) is 12.2 Å². The SMILES string of the molecule is CNCC(=Cc1csc(C(=O)[O-])n1)B1OC(C)(C)C(C)(C)O1. The normalized spacial score (nSPS) is 20.4. The average Bonchev–Trinajstić information content (AvgIpc) is 2.92. The highest BCUT2D eigenvalue weighted by atomic mass is 32.1. The molecule has 2 rings (SSSR count). The molecule has 1 fully saturated rings. The summed E-state index contributed by atoms with van der Waals surface area (Å²) in [6, 6.07) is 0. The summed E-state index contributed by atoms with van der Waals surface area (Å²) >= 11 is 1.04. The highest BCUT2D eigenvalue weighted by Crippen LogP contribution is 2.38. The number of hydrogen-bond acceptors (Lipinski definition) is 7. The lowest BCUT2D eigenvalue weighted by Gasteiger charge is -2.32. The first-order valence-corrected chi connectivity index (χ1v) is 7.92. The predicted octanol–water partition coefficient (Wildman–Crippen LogP) is 0.741. The minimum absolute atomic E-state index is 0.0380. The van der Waals surface area contributed by atoms with Crippen molar-refractivity contribution in [1.82, 2.24) is 10.3 Å². The topological polar surface area (TPSA) is 83.5 Å². The summed E-state index contributed by atoms with van der Waals surface area (Å²) in [5.74, 6) is -1.27. The van der Waals surface area contributed by atoms with Crippen LogP contribution in [0, 0.1) is 0 Å². The van der Waals surface area contributed by atoms with Gasteiger partial charge >= 0.3 is 7.12 Å². The third-order valence-electron chi connectivity index (χ3n) is 3.97. The van der Waals surface area contributed by atoms with Crippen LogP contribution in [0.3, 0.4) is 0 Å². The van der Waals surface area contributed by atoms with E-state index in [1.807, 2.05) is 34.7 Å². The molecule has 0 bridgehead atoms. The van der Waals surface area contributed by atoms with E-state index in [9.17, 15) is 9.90 Å². The van der Waals surface area contributed by atoms with Crippen molar-refractivity contribution in [3.05, 3.63) is 21.6 Å². The molecule has 1 saturated heterocycles. The van der Waals surface area contributed by atoms with Crippen molar-refractivity contribution in [3.8, 4) is 0 Å². The fraction of sp³-hybridized carbons (Fsp3) is 0.571. The Morgan fingerprint density at radius 1 is 1.41 bits per heavy atom. The second-order valence-corrected chi connectivity index (χ2v) is 7.06. The van der Waals surface area contributed by atoms with Gasteiger partial charge in [0, 0.05) is 11.9 Å². The van der Waals surface area contributed by atoms with Crippen LogP contribution in [0.25, 0.3) is 6.08 Å². The number of carboxylic acid groups (broad SMARTS) is 1. The van der Waals surface area contributed by atoms with Crippen LogP contribution < -0.4 is 10.4 Å². The molecule has 1 N–H and O–H groups in total. The molecule has 0 saturated carbocycles. The van der Waals surface area contributed by atoms with Gasteiger partial charge < -0.3 is 24.5 Å². The molecular formula is C14H20BN2O4S-. The molecule has 6 nitrogen and oxygen atoms in total. The van der Waals surface area contributed by atoms with E-state index >= 15 is 0 Å². The molecule has 1 aliphatic rings. The zero-order valence-corrected chi connectivity index (χ0v) is 14.2. The Hall–Kier alpha value is -1.22. The molecule has 120 valence electrons. The smallest absolute Gasteiger partial charge is 0.491 e. The van der Waals surface area contributed by atoms with Crippen molar-refractivity contribution in [2.45, 2.75) is 38.9 Å². The van der Waals surface area contributed by atoms with E-state index in [2.05, 4.69) is 10.3 Å². The Kier molecular flexibility index (Phi) is 4.77. The Morgan fingerprint density at radius 2 is 2.00 bits per heavy atom. The summed E-state index contributed by atoms with van der Waals surface area (Å²) in [6.07, 6.45) is 1.79. The van der Waals surface area contributed by atoms with Gasteiger partial charge in [-0.3, -0.25) is 0 Å². The number of aromatic carboxylic acids is 1. The molecule has 8 heteroatoms. The van der Waals surface area contributed by atoms with Crippen molar-refractivity contribution in [2.75, 3.05) is 13.6 Å². The quantitative estimate of drug-likeness (QED) is 0.805. The lowest BCUT2D eigenvalue weighted by atomic mass is 9.77. The first kappa shape index (κ1) is 17.1. The van der Waals surface area contributed by atoms with Crippen molar-refractivity contribution in [3.63, 3.8) is 0 Å². The number of nitrogens with zero attached hydrogens (tertiary/aromatic N) is 1. The van der Waals surface area contributed by atoms with Crippen LogP contribution in [0.5, 0.6) is 0 Å². The number of nitrogens with one attached hydrogen (secondary N) is 1. The van der Waals surface area contributed by atoms with Crippen molar-refractivity contribution >= 4 is 30.5 Å². The summed E-state index contributed by atoms with van der Waals surface area (Å²) in [6.45, 7) is 8.50. The molecule has 1 aromatic rings. The summed E-state index contributed by atoms with van der Waals surface area (Å²) in [7, 11) is 1.33. The second-order valence-electron chi connectivity index (χ2n) is 6.20. The molecule has 0 aliphatic carbocycles.